The molecule has 2 aromatic carbocycles. The Morgan fingerprint density at radius 3 is 1.39 bits per heavy atom. The van der Waals surface area contributed by atoms with Crippen LogP contribution in [-0.2, 0) is 49.9 Å². The summed E-state index contributed by atoms with van der Waals surface area (Å²) in [4.78, 5) is 46.6. The summed E-state index contributed by atoms with van der Waals surface area (Å²) in [6.45, 7) is -1.15. The van der Waals surface area contributed by atoms with Crippen molar-refractivity contribution in [3.8, 4) is 0 Å². The molecule has 2 saturated heterocycles. The van der Waals surface area contributed by atoms with Gasteiger partial charge in [0.15, 0.2) is 12.5 Å². The standard InChI is InChI=1S/C22H25N4O8P.C8H13N4O8P/c23-20(29)21-24-14-26(25-21)22-19(28)18(27)17(34-22)13-33-35(30,31-11-15-7-3-1-4-8-15)32-12-16-9-5-2-6-10-16;9-6(15)7-10-2-12(11-7)8-5(14)4(13)3(20-8)1-19-21(16,17)18/h1-10,14,17-19,22,27-28H,11-13H2,(H2,23,29);2-5,8,13-14H,1H2,(H2,9,15)(H2,16,17,18)/t17-,18?,19?,22-;3-,4-,5-,8-/m11/s1. The Balaban J connectivity index is 0.000000244. The van der Waals surface area contributed by atoms with Gasteiger partial charge < -0.3 is 51.2 Å². The average molecular weight is 829 g/mol. The van der Waals surface area contributed by atoms with Crippen molar-refractivity contribution in [3.63, 3.8) is 0 Å². The van der Waals surface area contributed by atoms with E-state index in [2.05, 4.69) is 24.7 Å². The molecule has 8 atom stereocenters. The number of phosphoric acid groups is 2. The van der Waals surface area contributed by atoms with Crippen molar-refractivity contribution >= 4 is 27.5 Å². The topological polar surface area (TPSA) is 359 Å². The fourth-order valence-corrected chi connectivity index (χ4v) is 6.60. The molecule has 24 nitrogen and oxygen atoms in total. The molecular formula is C30H38N8O16P2. The van der Waals surface area contributed by atoms with E-state index in [1.54, 1.807) is 24.3 Å². The summed E-state index contributed by atoms with van der Waals surface area (Å²) in [5, 5.41) is 47.9. The van der Waals surface area contributed by atoms with Crippen LogP contribution in [0.5, 0.6) is 0 Å². The molecule has 0 radical (unpaired) electrons. The van der Waals surface area contributed by atoms with Crippen LogP contribution in [0.3, 0.4) is 0 Å². The first-order chi connectivity index (χ1) is 26.5. The van der Waals surface area contributed by atoms with Crippen molar-refractivity contribution in [3.05, 3.63) is 96.1 Å². The van der Waals surface area contributed by atoms with Crippen molar-refractivity contribution in [1.82, 2.24) is 29.5 Å². The van der Waals surface area contributed by atoms with E-state index >= 15 is 0 Å². The van der Waals surface area contributed by atoms with Crippen molar-refractivity contribution in [1.29, 1.82) is 0 Å². The number of rotatable bonds is 16. The van der Waals surface area contributed by atoms with Gasteiger partial charge in [0.05, 0.1) is 26.4 Å². The lowest BCUT2D eigenvalue weighted by atomic mass is 10.1. The SMILES string of the molecule is NC(=O)c1ncn([C@@H]2O[C@H](COP(=O)(O)O)[C@@H](O)[C@H]2O)n1.NC(=O)c1ncn([C@@H]2O[C@H](COP(=O)(OCc3ccccc3)OCc3ccccc3)C(O)C2O)n1. The lowest BCUT2D eigenvalue weighted by Crippen LogP contribution is -2.33. The fraction of sp³-hybridized carbons (Fsp3) is 0.400. The molecule has 2 amide bonds. The molecule has 0 bridgehead atoms. The third kappa shape index (κ3) is 11.4. The number of aromatic nitrogens is 6. The van der Waals surface area contributed by atoms with Crippen LogP contribution in [0.4, 0.5) is 0 Å². The molecule has 0 spiro atoms. The highest BCUT2D eigenvalue weighted by atomic mass is 31.2. The fourth-order valence-electron chi connectivity index (χ4n) is 5.09. The maximum atomic E-state index is 13.4. The molecule has 0 aliphatic carbocycles. The van der Waals surface area contributed by atoms with Crippen molar-refractivity contribution in [2.75, 3.05) is 13.2 Å². The zero-order valence-corrected chi connectivity index (χ0v) is 30.7. The zero-order chi connectivity index (χ0) is 40.6. The Bertz CT molecular complexity index is 1960. The number of phosphoric ester groups is 2. The summed E-state index contributed by atoms with van der Waals surface area (Å²) >= 11 is 0. The normalized spacial score (nSPS) is 25.1. The number of amides is 2. The molecular weight excluding hydrogens is 790 g/mol. The third-order valence-corrected chi connectivity index (χ3v) is 9.76. The van der Waals surface area contributed by atoms with Gasteiger partial charge in [0, 0.05) is 0 Å². The summed E-state index contributed by atoms with van der Waals surface area (Å²) < 4.78 is 57.6. The molecule has 2 aliphatic heterocycles. The van der Waals surface area contributed by atoms with Gasteiger partial charge in [0.2, 0.25) is 11.6 Å². The van der Waals surface area contributed by atoms with Gasteiger partial charge >= 0.3 is 15.6 Å². The first-order valence-corrected chi connectivity index (χ1v) is 19.3. The number of ether oxygens (including phenoxy) is 2. The van der Waals surface area contributed by atoms with Crippen molar-refractivity contribution < 1.29 is 76.5 Å². The summed E-state index contributed by atoms with van der Waals surface area (Å²) in [5.74, 6) is -2.33. The highest BCUT2D eigenvalue weighted by Crippen LogP contribution is 2.51. The Morgan fingerprint density at radius 1 is 0.643 bits per heavy atom. The minimum absolute atomic E-state index is 0.0406. The predicted molar refractivity (Wildman–Crippen MR) is 183 cm³/mol. The van der Waals surface area contributed by atoms with Gasteiger partial charge in [-0.1, -0.05) is 60.7 Å². The molecule has 26 heteroatoms. The molecule has 4 heterocycles. The van der Waals surface area contributed by atoms with Crippen LogP contribution in [0.15, 0.2) is 73.3 Å². The van der Waals surface area contributed by atoms with Crippen molar-refractivity contribution in [2.24, 2.45) is 11.5 Å². The van der Waals surface area contributed by atoms with Crippen LogP contribution in [0.2, 0.25) is 0 Å². The molecule has 56 heavy (non-hydrogen) atoms. The number of nitrogens with zero attached hydrogens (tertiary/aromatic N) is 6. The van der Waals surface area contributed by atoms with E-state index in [-0.39, 0.29) is 24.9 Å². The minimum atomic E-state index is -4.73. The van der Waals surface area contributed by atoms with E-state index < -0.39 is 89.8 Å². The monoisotopic (exact) mass is 828 g/mol. The molecule has 10 N–H and O–H groups in total. The second-order valence-electron chi connectivity index (χ2n) is 12.0. The van der Waals surface area contributed by atoms with Crippen LogP contribution >= 0.6 is 15.6 Å². The van der Waals surface area contributed by atoms with E-state index in [4.69, 9.17) is 44.3 Å². The Labute approximate surface area is 316 Å². The molecule has 304 valence electrons. The second-order valence-corrected chi connectivity index (χ2v) is 14.9. The molecule has 2 unspecified atom stereocenters. The van der Waals surface area contributed by atoms with E-state index in [9.17, 15) is 39.1 Å². The van der Waals surface area contributed by atoms with Crippen molar-refractivity contribution in [2.45, 2.75) is 62.3 Å². The molecule has 4 aromatic rings. The van der Waals surface area contributed by atoms with Gasteiger partial charge in [-0.05, 0) is 11.1 Å². The van der Waals surface area contributed by atoms with E-state index in [1.165, 1.54) is 0 Å². The summed E-state index contributed by atoms with van der Waals surface area (Å²) in [7, 11) is -8.85. The van der Waals surface area contributed by atoms with Gasteiger partial charge in [-0.15, -0.1) is 10.2 Å². The number of carbonyl (C=O) groups is 2. The summed E-state index contributed by atoms with van der Waals surface area (Å²) in [6.07, 6.45) is -8.25. The molecule has 2 aliphatic rings. The molecule has 0 saturated carbocycles. The second kappa shape index (κ2) is 18.7. The number of aliphatic hydroxyl groups excluding tert-OH is 4. The van der Waals surface area contributed by atoms with E-state index in [0.29, 0.717) is 0 Å². The number of primary amides is 2. The Morgan fingerprint density at radius 2 is 1.04 bits per heavy atom. The summed E-state index contributed by atoms with van der Waals surface area (Å²) in [6, 6.07) is 18.1. The van der Waals surface area contributed by atoms with Gasteiger partial charge in [0.25, 0.3) is 11.8 Å². The van der Waals surface area contributed by atoms with Crippen LogP contribution < -0.4 is 11.5 Å². The maximum Gasteiger partial charge on any atom is 0.475 e. The van der Waals surface area contributed by atoms with Crippen LogP contribution in [-0.4, -0.2) is 121 Å². The first kappa shape index (κ1) is 42.8. The third-order valence-electron chi connectivity index (χ3n) is 7.92. The van der Waals surface area contributed by atoms with Crippen LogP contribution in [0, 0.1) is 0 Å². The number of aliphatic hydroxyl groups is 4. The quantitative estimate of drug-likeness (QED) is 0.0606. The van der Waals surface area contributed by atoms with Crippen LogP contribution in [0.25, 0.3) is 0 Å². The number of carbonyl (C=O) groups excluding carboxylic acids is 2. The lowest BCUT2D eigenvalue weighted by Gasteiger charge is -2.21. The first-order valence-electron chi connectivity index (χ1n) is 16.3. The molecule has 2 fully saturated rings. The summed E-state index contributed by atoms with van der Waals surface area (Å²) in [5.41, 5.74) is 11.6. The van der Waals surface area contributed by atoms with Crippen LogP contribution in [0.1, 0.15) is 44.8 Å². The van der Waals surface area contributed by atoms with Gasteiger partial charge in [0.1, 0.15) is 49.3 Å². The number of benzene rings is 2. The molecule has 6 rings (SSSR count). The predicted octanol–water partition coefficient (Wildman–Crippen LogP) is -1.34. The zero-order valence-electron chi connectivity index (χ0n) is 28.9. The largest absolute Gasteiger partial charge is 0.475 e. The Hall–Kier alpha value is -4.36. The van der Waals surface area contributed by atoms with E-state index in [1.807, 2.05) is 36.4 Å². The van der Waals surface area contributed by atoms with Gasteiger partial charge in [-0.3, -0.25) is 27.7 Å². The smallest absolute Gasteiger partial charge is 0.387 e. The van der Waals surface area contributed by atoms with Gasteiger partial charge in [-0.25, -0.2) is 28.5 Å². The van der Waals surface area contributed by atoms with Gasteiger partial charge in [-0.2, -0.15) is 0 Å². The number of hydrogen-bond donors (Lipinski definition) is 8. The average Bonchev–Trinajstić information content (AvgIpc) is 3.97. The number of hydrogen-bond acceptors (Lipinski definition) is 18. The molecule has 2 aromatic heterocycles. The number of nitrogens with two attached hydrogens (primary N) is 2. The minimum Gasteiger partial charge on any atom is -0.387 e. The van der Waals surface area contributed by atoms with E-state index in [0.717, 1.165) is 33.1 Å². The lowest BCUT2D eigenvalue weighted by molar-refractivity contribution is -0.0604. The Kier molecular flexibility index (Phi) is 14.3. The maximum absolute atomic E-state index is 13.4. The highest BCUT2D eigenvalue weighted by molar-refractivity contribution is 7.48. The highest BCUT2D eigenvalue weighted by Gasteiger charge is 2.47.